The highest BCUT2D eigenvalue weighted by atomic mass is 16.5. The van der Waals surface area contributed by atoms with Crippen LogP contribution in [0.3, 0.4) is 0 Å². The first-order chi connectivity index (χ1) is 15.5. The fraction of sp³-hybridized carbons (Fsp3) is 0.280. The van der Waals surface area contributed by atoms with Crippen LogP contribution in [0.4, 0.5) is 0 Å². The molecule has 1 aliphatic rings. The molecule has 3 aromatic rings. The standard InChI is InChI=1S/C25H24N4O3/c1-16-7-5-11-20(13-16)32-24-21(25(31)29-12-6-8-17(2)22(29)28-24)14-18(15-26)23(30)27-19-9-3-4-10-19/h5-8,11-14,19H,3-4,9-10H2,1-2H3,(H,27,30). The zero-order valence-corrected chi connectivity index (χ0v) is 18.1. The van der Waals surface area contributed by atoms with Crippen LogP contribution in [0.25, 0.3) is 11.7 Å². The summed E-state index contributed by atoms with van der Waals surface area (Å²) in [5, 5.41) is 12.5. The molecule has 2 heterocycles. The van der Waals surface area contributed by atoms with Gasteiger partial charge in [0.05, 0.1) is 0 Å². The van der Waals surface area contributed by atoms with E-state index in [1.54, 1.807) is 18.3 Å². The van der Waals surface area contributed by atoms with E-state index in [0.29, 0.717) is 11.4 Å². The van der Waals surface area contributed by atoms with Crippen molar-refractivity contribution in [3.8, 4) is 17.7 Å². The van der Waals surface area contributed by atoms with E-state index in [-0.39, 0.29) is 23.1 Å². The van der Waals surface area contributed by atoms with Gasteiger partial charge in [0.1, 0.15) is 28.6 Å². The van der Waals surface area contributed by atoms with Gasteiger partial charge in [-0.05, 0) is 62.1 Å². The van der Waals surface area contributed by atoms with Crippen molar-refractivity contribution in [3.05, 3.63) is 75.2 Å². The quantitative estimate of drug-likeness (QED) is 0.488. The number of nitrogens with one attached hydrogen (secondary N) is 1. The Kier molecular flexibility index (Phi) is 6.04. The minimum atomic E-state index is -0.491. The Labute approximate surface area is 186 Å². The normalized spacial score (nSPS) is 14.3. The van der Waals surface area contributed by atoms with Gasteiger partial charge < -0.3 is 10.1 Å². The van der Waals surface area contributed by atoms with E-state index in [1.807, 2.05) is 44.2 Å². The molecule has 0 spiro atoms. The molecule has 7 heteroatoms. The fourth-order valence-corrected chi connectivity index (χ4v) is 3.91. The molecule has 32 heavy (non-hydrogen) atoms. The maximum absolute atomic E-state index is 13.3. The number of rotatable bonds is 5. The van der Waals surface area contributed by atoms with Gasteiger partial charge >= 0.3 is 0 Å². The molecule has 0 radical (unpaired) electrons. The van der Waals surface area contributed by atoms with Crippen molar-refractivity contribution < 1.29 is 9.53 Å². The molecule has 162 valence electrons. The van der Waals surface area contributed by atoms with Crippen LogP contribution in [0.15, 0.2) is 53.0 Å². The molecule has 0 atom stereocenters. The summed E-state index contributed by atoms with van der Waals surface area (Å²) in [6.07, 6.45) is 6.79. The minimum Gasteiger partial charge on any atom is -0.438 e. The second kappa shape index (κ2) is 9.06. The van der Waals surface area contributed by atoms with E-state index in [0.717, 1.165) is 36.8 Å². The van der Waals surface area contributed by atoms with Crippen molar-refractivity contribution in [2.45, 2.75) is 45.6 Å². The lowest BCUT2D eigenvalue weighted by molar-refractivity contribution is -0.117. The summed E-state index contributed by atoms with van der Waals surface area (Å²) >= 11 is 0. The lowest BCUT2D eigenvalue weighted by atomic mass is 10.1. The van der Waals surface area contributed by atoms with Crippen LogP contribution in [-0.2, 0) is 4.79 Å². The van der Waals surface area contributed by atoms with Crippen molar-refractivity contribution in [3.63, 3.8) is 0 Å². The maximum atomic E-state index is 13.3. The summed E-state index contributed by atoms with van der Waals surface area (Å²) in [7, 11) is 0. The Hall–Kier alpha value is -3.92. The number of nitriles is 1. The van der Waals surface area contributed by atoms with Crippen LogP contribution >= 0.6 is 0 Å². The molecule has 0 bridgehead atoms. The summed E-state index contributed by atoms with van der Waals surface area (Å²) in [6, 6.07) is 12.9. The highest BCUT2D eigenvalue weighted by molar-refractivity contribution is 6.02. The van der Waals surface area contributed by atoms with E-state index in [9.17, 15) is 14.9 Å². The molecule has 7 nitrogen and oxygen atoms in total. The molecular weight excluding hydrogens is 404 g/mol. The van der Waals surface area contributed by atoms with E-state index in [2.05, 4.69) is 10.3 Å². The molecule has 1 amide bonds. The van der Waals surface area contributed by atoms with Crippen molar-refractivity contribution in [2.75, 3.05) is 0 Å². The molecule has 0 unspecified atom stereocenters. The molecule has 1 fully saturated rings. The Morgan fingerprint density at radius 2 is 2.03 bits per heavy atom. The number of fused-ring (bicyclic) bond motifs is 1. The Balaban J connectivity index is 1.83. The van der Waals surface area contributed by atoms with Crippen LogP contribution in [0.1, 0.15) is 42.4 Å². The van der Waals surface area contributed by atoms with E-state index >= 15 is 0 Å². The first-order valence-corrected chi connectivity index (χ1v) is 10.7. The molecule has 1 saturated carbocycles. The number of ether oxygens (including phenoxy) is 1. The second-order valence-electron chi connectivity index (χ2n) is 8.06. The highest BCUT2D eigenvalue weighted by Crippen LogP contribution is 2.25. The lowest BCUT2D eigenvalue weighted by Crippen LogP contribution is -2.33. The topological polar surface area (TPSA) is 96.5 Å². The number of hydrogen-bond donors (Lipinski definition) is 1. The number of aryl methyl sites for hydroxylation is 2. The lowest BCUT2D eigenvalue weighted by Gasteiger charge is -2.13. The second-order valence-corrected chi connectivity index (χ2v) is 8.06. The zero-order chi connectivity index (χ0) is 22.7. The van der Waals surface area contributed by atoms with Crippen LogP contribution < -0.4 is 15.6 Å². The molecule has 0 aliphatic heterocycles. The van der Waals surface area contributed by atoms with Gasteiger partial charge in [-0.2, -0.15) is 10.2 Å². The van der Waals surface area contributed by atoms with Gasteiger partial charge in [-0.1, -0.05) is 31.0 Å². The van der Waals surface area contributed by atoms with Crippen LogP contribution in [0.5, 0.6) is 11.6 Å². The van der Waals surface area contributed by atoms with Gasteiger partial charge in [-0.3, -0.25) is 14.0 Å². The number of pyridine rings is 1. The van der Waals surface area contributed by atoms with Crippen molar-refractivity contribution in [1.29, 1.82) is 5.26 Å². The zero-order valence-electron chi connectivity index (χ0n) is 18.1. The summed E-state index contributed by atoms with van der Waals surface area (Å²) in [5.41, 5.74) is 1.72. The van der Waals surface area contributed by atoms with Gasteiger partial charge in [0.25, 0.3) is 11.5 Å². The fourth-order valence-electron chi connectivity index (χ4n) is 3.91. The number of benzene rings is 1. The number of aromatic nitrogens is 2. The SMILES string of the molecule is Cc1cccc(Oc2nc3c(C)cccn3c(=O)c2C=C(C#N)C(=O)NC2CCCC2)c1. The summed E-state index contributed by atoms with van der Waals surface area (Å²) < 4.78 is 7.38. The van der Waals surface area contributed by atoms with Gasteiger partial charge in [0.15, 0.2) is 0 Å². The largest absolute Gasteiger partial charge is 0.438 e. The first kappa shape index (κ1) is 21.3. The minimum absolute atomic E-state index is 0.0488. The van der Waals surface area contributed by atoms with Crippen LogP contribution in [0.2, 0.25) is 0 Å². The average molecular weight is 428 g/mol. The summed E-state index contributed by atoms with van der Waals surface area (Å²) in [5.74, 6) is 0.0735. The molecule has 1 aliphatic carbocycles. The molecule has 4 rings (SSSR count). The Morgan fingerprint density at radius 1 is 1.25 bits per heavy atom. The molecule has 1 aromatic carbocycles. The van der Waals surface area contributed by atoms with Crippen molar-refractivity contribution in [2.24, 2.45) is 0 Å². The highest BCUT2D eigenvalue weighted by Gasteiger charge is 2.21. The Bertz CT molecular complexity index is 1310. The average Bonchev–Trinajstić information content (AvgIpc) is 3.27. The number of amides is 1. The van der Waals surface area contributed by atoms with E-state index < -0.39 is 11.5 Å². The van der Waals surface area contributed by atoms with E-state index in [4.69, 9.17) is 4.74 Å². The van der Waals surface area contributed by atoms with Gasteiger partial charge in [0, 0.05) is 12.2 Å². The maximum Gasteiger partial charge on any atom is 0.269 e. The van der Waals surface area contributed by atoms with Crippen LogP contribution in [0, 0.1) is 25.2 Å². The predicted molar refractivity (Wildman–Crippen MR) is 121 cm³/mol. The third kappa shape index (κ3) is 4.40. The molecular formula is C25H24N4O3. The Morgan fingerprint density at radius 3 is 2.75 bits per heavy atom. The van der Waals surface area contributed by atoms with Crippen molar-refractivity contribution >= 4 is 17.6 Å². The van der Waals surface area contributed by atoms with Gasteiger partial charge in [-0.25, -0.2) is 0 Å². The van der Waals surface area contributed by atoms with Crippen molar-refractivity contribution in [1.82, 2.24) is 14.7 Å². The predicted octanol–water partition coefficient (Wildman–Crippen LogP) is 4.07. The van der Waals surface area contributed by atoms with Gasteiger partial charge in [0.2, 0.25) is 5.88 Å². The summed E-state index contributed by atoms with van der Waals surface area (Å²) in [4.78, 5) is 30.6. The number of carbonyl (C=O) groups is 1. The number of hydrogen-bond acceptors (Lipinski definition) is 5. The van der Waals surface area contributed by atoms with E-state index in [1.165, 1.54) is 10.5 Å². The molecule has 2 aromatic heterocycles. The number of nitrogens with zero attached hydrogens (tertiary/aromatic N) is 3. The first-order valence-electron chi connectivity index (χ1n) is 10.7. The third-order valence-electron chi connectivity index (χ3n) is 5.60. The summed E-state index contributed by atoms with van der Waals surface area (Å²) in [6.45, 7) is 3.78. The number of carbonyl (C=O) groups excluding carboxylic acids is 1. The smallest absolute Gasteiger partial charge is 0.269 e. The van der Waals surface area contributed by atoms with Crippen LogP contribution in [-0.4, -0.2) is 21.3 Å². The monoisotopic (exact) mass is 428 g/mol. The van der Waals surface area contributed by atoms with Gasteiger partial charge in [-0.15, -0.1) is 0 Å². The molecule has 0 saturated heterocycles. The third-order valence-corrected chi connectivity index (χ3v) is 5.60. The molecule has 1 N–H and O–H groups in total.